The van der Waals surface area contributed by atoms with Crippen molar-refractivity contribution in [3.63, 3.8) is 0 Å². The van der Waals surface area contributed by atoms with Crippen LogP contribution in [0.3, 0.4) is 0 Å². The SMILES string of the molecule is CCC1(C)CCC(O)(CC[C@@H](C)[C@H]2CC[C@H]3[C@@H]4CC[C@H]5C[C@](O)(C(F)(F)F)CC[C@]5(C)[C@H]4CC[C@]23C)CC1. The molecule has 5 aliphatic rings. The zero-order chi connectivity index (χ0) is 27.8. The zero-order valence-corrected chi connectivity index (χ0v) is 24.8. The molecule has 5 fully saturated rings. The molecule has 0 unspecified atom stereocenters. The first-order valence-corrected chi connectivity index (χ1v) is 16.1. The van der Waals surface area contributed by atoms with E-state index in [1.807, 2.05) is 0 Å². The lowest BCUT2D eigenvalue weighted by atomic mass is 9.43. The third-order valence-electron chi connectivity index (χ3n) is 14.3. The van der Waals surface area contributed by atoms with E-state index in [2.05, 4.69) is 34.6 Å². The smallest absolute Gasteiger partial charge is 0.390 e. The van der Waals surface area contributed by atoms with Gasteiger partial charge < -0.3 is 10.2 Å². The molecule has 0 radical (unpaired) electrons. The molecule has 5 rings (SSSR count). The molecule has 0 heterocycles. The summed E-state index contributed by atoms with van der Waals surface area (Å²) in [5.74, 6) is 3.08. The first-order chi connectivity index (χ1) is 17.6. The summed E-state index contributed by atoms with van der Waals surface area (Å²) in [5.41, 5.74) is -2.31. The number of rotatable bonds is 5. The second kappa shape index (κ2) is 9.63. The zero-order valence-electron chi connectivity index (χ0n) is 24.8. The van der Waals surface area contributed by atoms with E-state index in [0.29, 0.717) is 46.8 Å². The Labute approximate surface area is 229 Å². The van der Waals surface area contributed by atoms with Crippen LogP contribution in [0.25, 0.3) is 0 Å². The van der Waals surface area contributed by atoms with Gasteiger partial charge in [0.2, 0.25) is 0 Å². The van der Waals surface area contributed by atoms with Gasteiger partial charge in [-0.05, 0) is 148 Å². The van der Waals surface area contributed by atoms with Gasteiger partial charge in [0.1, 0.15) is 0 Å². The van der Waals surface area contributed by atoms with Gasteiger partial charge in [-0.15, -0.1) is 0 Å². The normalized spacial score (nSPS) is 52.1. The van der Waals surface area contributed by atoms with Crippen molar-refractivity contribution in [1.29, 1.82) is 0 Å². The first-order valence-electron chi connectivity index (χ1n) is 16.1. The maximum atomic E-state index is 13.7. The number of hydrogen-bond donors (Lipinski definition) is 2. The van der Waals surface area contributed by atoms with Gasteiger partial charge in [0.25, 0.3) is 0 Å². The Morgan fingerprint density at radius 3 is 2.08 bits per heavy atom. The molecule has 5 heteroatoms. The second-order valence-corrected chi connectivity index (χ2v) is 16.0. The molecule has 5 aliphatic carbocycles. The van der Waals surface area contributed by atoms with Crippen LogP contribution in [0.5, 0.6) is 0 Å². The summed E-state index contributed by atoms with van der Waals surface area (Å²) in [6.07, 6.45) is 9.91. The van der Waals surface area contributed by atoms with Crippen LogP contribution in [0.2, 0.25) is 0 Å². The summed E-state index contributed by atoms with van der Waals surface area (Å²) in [6.45, 7) is 11.9. The van der Waals surface area contributed by atoms with Gasteiger partial charge in [-0.1, -0.05) is 41.0 Å². The van der Waals surface area contributed by atoms with Gasteiger partial charge in [-0.25, -0.2) is 0 Å². The highest BCUT2D eigenvalue weighted by molar-refractivity contribution is 5.11. The van der Waals surface area contributed by atoms with Crippen molar-refractivity contribution >= 4 is 0 Å². The van der Waals surface area contributed by atoms with E-state index < -0.39 is 17.4 Å². The van der Waals surface area contributed by atoms with Crippen molar-refractivity contribution in [2.75, 3.05) is 0 Å². The third-order valence-corrected chi connectivity index (χ3v) is 14.3. The predicted molar refractivity (Wildman–Crippen MR) is 146 cm³/mol. The fourth-order valence-corrected chi connectivity index (χ4v) is 11.1. The summed E-state index contributed by atoms with van der Waals surface area (Å²) >= 11 is 0. The molecule has 0 aromatic heterocycles. The molecule has 5 saturated carbocycles. The summed E-state index contributed by atoms with van der Waals surface area (Å²) < 4.78 is 41.0. The van der Waals surface area contributed by atoms with Crippen molar-refractivity contribution in [3.05, 3.63) is 0 Å². The Balaban J connectivity index is 1.23. The quantitative estimate of drug-likeness (QED) is 0.365. The van der Waals surface area contributed by atoms with Gasteiger partial charge in [0, 0.05) is 0 Å². The molecule has 2 N–H and O–H groups in total. The van der Waals surface area contributed by atoms with Crippen molar-refractivity contribution in [3.8, 4) is 0 Å². The Morgan fingerprint density at radius 1 is 0.789 bits per heavy atom. The van der Waals surface area contributed by atoms with Crippen LogP contribution in [0.15, 0.2) is 0 Å². The lowest BCUT2D eigenvalue weighted by Crippen LogP contribution is -2.59. The van der Waals surface area contributed by atoms with Crippen LogP contribution in [0, 0.1) is 51.8 Å². The number of halogens is 3. The molecule has 9 atom stereocenters. The molecule has 0 aromatic rings. The molecular weight excluding hydrogens is 485 g/mol. The fraction of sp³-hybridized carbons (Fsp3) is 1.00. The molecule has 0 bridgehead atoms. The lowest BCUT2D eigenvalue weighted by Gasteiger charge is -2.62. The third kappa shape index (κ3) is 4.70. The van der Waals surface area contributed by atoms with Crippen molar-refractivity contribution in [1.82, 2.24) is 0 Å². The van der Waals surface area contributed by atoms with Crippen molar-refractivity contribution in [2.24, 2.45) is 51.8 Å². The highest BCUT2D eigenvalue weighted by Crippen LogP contribution is 2.69. The van der Waals surface area contributed by atoms with Gasteiger partial charge >= 0.3 is 6.18 Å². The molecule has 2 nitrogen and oxygen atoms in total. The molecule has 38 heavy (non-hydrogen) atoms. The minimum atomic E-state index is -4.52. The molecule has 0 saturated heterocycles. The Bertz CT molecular complexity index is 863. The minimum absolute atomic E-state index is 0.0181. The van der Waals surface area contributed by atoms with E-state index in [-0.39, 0.29) is 24.2 Å². The average Bonchev–Trinajstić information content (AvgIpc) is 3.22. The van der Waals surface area contributed by atoms with Crippen molar-refractivity contribution < 1.29 is 23.4 Å². The molecular formula is C33H55F3O2. The van der Waals surface area contributed by atoms with E-state index >= 15 is 0 Å². The topological polar surface area (TPSA) is 40.5 Å². The molecule has 0 amide bonds. The summed E-state index contributed by atoms with van der Waals surface area (Å²) in [5, 5.41) is 21.9. The van der Waals surface area contributed by atoms with E-state index in [1.165, 1.54) is 25.7 Å². The Hall–Kier alpha value is -0.290. The van der Waals surface area contributed by atoms with Gasteiger partial charge in [-0.2, -0.15) is 13.2 Å². The summed E-state index contributed by atoms with van der Waals surface area (Å²) in [7, 11) is 0. The van der Waals surface area contributed by atoms with Crippen LogP contribution in [0.1, 0.15) is 137 Å². The van der Waals surface area contributed by atoms with Gasteiger partial charge in [-0.3, -0.25) is 0 Å². The number of alkyl halides is 3. The van der Waals surface area contributed by atoms with Gasteiger partial charge in [0.05, 0.1) is 5.60 Å². The molecule has 0 aliphatic heterocycles. The van der Waals surface area contributed by atoms with Crippen LogP contribution in [-0.4, -0.2) is 27.6 Å². The molecule has 0 spiro atoms. The lowest BCUT2D eigenvalue weighted by molar-refractivity contribution is -0.290. The van der Waals surface area contributed by atoms with Crippen LogP contribution >= 0.6 is 0 Å². The number of hydrogen-bond acceptors (Lipinski definition) is 2. The molecule has 220 valence electrons. The first kappa shape index (κ1) is 29.2. The average molecular weight is 541 g/mol. The maximum absolute atomic E-state index is 13.7. The standard InChI is InChI=1S/C33H55F3O2/c1-6-28(3)15-18-31(37,19-16-28)14-11-22(2)25-9-10-26-24-8-7-23-21-32(38,33(34,35)36)20-17-29(23,4)27(24)12-13-30(25,26)5/h22-27,37-38H,6-21H2,1-5H3/t22-,23+,24+,25-,26+,27+,28?,29+,30-,31?,32+/m1/s1. The van der Waals surface area contributed by atoms with E-state index in [0.717, 1.165) is 57.8 Å². The fourth-order valence-electron chi connectivity index (χ4n) is 11.1. The summed E-state index contributed by atoms with van der Waals surface area (Å²) in [6, 6.07) is 0. The molecule has 0 aromatic carbocycles. The Morgan fingerprint density at radius 2 is 1.45 bits per heavy atom. The highest BCUT2D eigenvalue weighted by Gasteiger charge is 2.65. The minimum Gasteiger partial charge on any atom is -0.390 e. The number of fused-ring (bicyclic) bond motifs is 5. The predicted octanol–water partition coefficient (Wildman–Crippen LogP) is 9.08. The van der Waals surface area contributed by atoms with Crippen LogP contribution < -0.4 is 0 Å². The van der Waals surface area contributed by atoms with Crippen molar-refractivity contribution in [2.45, 2.75) is 155 Å². The largest absolute Gasteiger partial charge is 0.417 e. The van der Waals surface area contributed by atoms with Crippen LogP contribution in [-0.2, 0) is 0 Å². The summed E-state index contributed by atoms with van der Waals surface area (Å²) in [4.78, 5) is 0. The highest BCUT2D eigenvalue weighted by atomic mass is 19.4. The number of aliphatic hydroxyl groups is 2. The monoisotopic (exact) mass is 540 g/mol. The maximum Gasteiger partial charge on any atom is 0.417 e. The van der Waals surface area contributed by atoms with Crippen LogP contribution in [0.4, 0.5) is 13.2 Å². The van der Waals surface area contributed by atoms with E-state index in [1.54, 1.807) is 0 Å². The second-order valence-electron chi connectivity index (χ2n) is 16.0. The van der Waals surface area contributed by atoms with E-state index in [4.69, 9.17) is 0 Å². The van der Waals surface area contributed by atoms with E-state index in [9.17, 15) is 23.4 Å². The van der Waals surface area contributed by atoms with Gasteiger partial charge in [0.15, 0.2) is 5.60 Å². The Kier molecular flexibility index (Phi) is 7.41.